The smallest absolute Gasteiger partial charge is 0.245 e. The van der Waals surface area contributed by atoms with Gasteiger partial charge in [0, 0.05) is 4.90 Å². The third-order valence-electron chi connectivity index (χ3n) is 1.17. The number of hydrogen-bond acceptors (Lipinski definition) is 1. The molecule has 66 valence electrons. The molecular weight excluding hydrogens is 189 g/mol. The highest BCUT2D eigenvalue weighted by molar-refractivity contribution is 7.86. The van der Waals surface area contributed by atoms with E-state index in [1.165, 1.54) is 24.3 Å². The molecule has 1 nitrogen and oxygen atoms in total. The number of hydrogen-bond donors (Lipinski definition) is 0. The summed E-state index contributed by atoms with van der Waals surface area (Å²) >= 11 is 0. The molecule has 0 aliphatic heterocycles. The van der Waals surface area contributed by atoms with Crippen molar-refractivity contribution in [1.82, 2.24) is 0 Å². The van der Waals surface area contributed by atoms with Gasteiger partial charge >= 0.3 is 5.51 Å². The highest BCUT2D eigenvalue weighted by Crippen LogP contribution is 2.25. The summed E-state index contributed by atoms with van der Waals surface area (Å²) in [5.41, 5.74) is -4.67. The maximum absolute atomic E-state index is 11.8. The van der Waals surface area contributed by atoms with E-state index in [9.17, 15) is 17.4 Å². The van der Waals surface area contributed by atoms with Crippen LogP contribution < -0.4 is 0 Å². The third-order valence-corrected chi connectivity index (χ3v) is 2.29. The van der Waals surface area contributed by atoms with Crippen molar-refractivity contribution < 1.29 is 17.4 Å². The Morgan fingerprint density at radius 3 is 2.00 bits per heavy atom. The second-order valence-electron chi connectivity index (χ2n) is 2.03. The van der Waals surface area contributed by atoms with Crippen LogP contribution in [0.2, 0.25) is 0 Å². The molecule has 0 spiro atoms. The number of benzene rings is 1. The number of rotatable bonds is 1. The average molecular weight is 194 g/mol. The van der Waals surface area contributed by atoms with E-state index >= 15 is 0 Å². The van der Waals surface area contributed by atoms with Crippen LogP contribution in [0.4, 0.5) is 13.2 Å². The van der Waals surface area contributed by atoms with Crippen LogP contribution in [-0.2, 0) is 10.8 Å². The lowest BCUT2D eigenvalue weighted by Gasteiger charge is -2.04. The van der Waals surface area contributed by atoms with Gasteiger partial charge in [-0.05, 0) is 12.1 Å². The van der Waals surface area contributed by atoms with Gasteiger partial charge in [0.1, 0.15) is 0 Å². The molecule has 1 rings (SSSR count). The molecule has 12 heavy (non-hydrogen) atoms. The Bertz CT molecular complexity index is 280. The maximum Gasteiger partial charge on any atom is 0.475 e. The summed E-state index contributed by atoms with van der Waals surface area (Å²) in [6.45, 7) is 0. The summed E-state index contributed by atoms with van der Waals surface area (Å²) in [5, 5.41) is 0. The first-order valence-electron chi connectivity index (χ1n) is 3.05. The van der Waals surface area contributed by atoms with Gasteiger partial charge in [0.2, 0.25) is 0 Å². The third kappa shape index (κ3) is 2.07. The van der Waals surface area contributed by atoms with Gasteiger partial charge in [-0.15, -0.1) is 0 Å². The van der Waals surface area contributed by atoms with Crippen molar-refractivity contribution in [1.29, 1.82) is 0 Å². The van der Waals surface area contributed by atoms with Gasteiger partial charge in [0.05, 0.1) is 0 Å². The molecule has 0 saturated carbocycles. The molecule has 0 amide bonds. The SMILES string of the molecule is O=S(c1ccccc1)C(F)(F)F. The van der Waals surface area contributed by atoms with Gasteiger partial charge in [-0.2, -0.15) is 13.2 Å². The van der Waals surface area contributed by atoms with Crippen molar-refractivity contribution in [2.45, 2.75) is 10.4 Å². The summed E-state index contributed by atoms with van der Waals surface area (Å²) in [5.74, 6) is 0. The van der Waals surface area contributed by atoms with Gasteiger partial charge < -0.3 is 0 Å². The van der Waals surface area contributed by atoms with Crippen LogP contribution in [0.1, 0.15) is 0 Å². The van der Waals surface area contributed by atoms with Crippen molar-refractivity contribution in [3.63, 3.8) is 0 Å². The molecule has 0 saturated heterocycles. The highest BCUT2D eigenvalue weighted by atomic mass is 32.2. The molecule has 0 aliphatic rings. The first-order valence-corrected chi connectivity index (χ1v) is 4.20. The average Bonchev–Trinajstić information content (AvgIpc) is 2.03. The minimum absolute atomic E-state index is 0.218. The summed E-state index contributed by atoms with van der Waals surface area (Å²) in [7, 11) is -2.90. The minimum Gasteiger partial charge on any atom is -0.245 e. The molecule has 5 heteroatoms. The Kier molecular flexibility index (Phi) is 2.52. The summed E-state index contributed by atoms with van der Waals surface area (Å²) in [4.78, 5) is -0.218. The Hall–Kier alpha value is -0.840. The van der Waals surface area contributed by atoms with Crippen molar-refractivity contribution in [3.05, 3.63) is 30.3 Å². The predicted octanol–water partition coefficient (Wildman–Crippen LogP) is 2.31. The molecular formula is C7H5F3OS. The van der Waals surface area contributed by atoms with Crippen LogP contribution in [0.5, 0.6) is 0 Å². The van der Waals surface area contributed by atoms with Gasteiger partial charge in [0.15, 0.2) is 10.8 Å². The standard InChI is InChI=1S/C7H5F3OS/c8-7(9,10)12(11)6-4-2-1-3-5-6/h1-5H. The van der Waals surface area contributed by atoms with Gasteiger partial charge in [-0.1, -0.05) is 18.2 Å². The topological polar surface area (TPSA) is 17.1 Å². The zero-order chi connectivity index (χ0) is 9.19. The van der Waals surface area contributed by atoms with Crippen molar-refractivity contribution in [3.8, 4) is 0 Å². The van der Waals surface area contributed by atoms with E-state index in [1.807, 2.05) is 0 Å². The molecule has 0 fully saturated rings. The molecule has 0 radical (unpaired) electrons. The van der Waals surface area contributed by atoms with E-state index in [0.29, 0.717) is 0 Å². The lowest BCUT2D eigenvalue weighted by molar-refractivity contribution is -0.0384. The fourth-order valence-electron chi connectivity index (χ4n) is 0.678. The monoisotopic (exact) mass is 194 g/mol. The molecule has 0 aromatic heterocycles. The zero-order valence-electron chi connectivity index (χ0n) is 5.84. The first-order chi connectivity index (χ1) is 5.52. The first kappa shape index (κ1) is 9.25. The minimum atomic E-state index is -4.67. The Morgan fingerprint density at radius 1 is 1.08 bits per heavy atom. The molecule has 1 atom stereocenters. The molecule has 0 N–H and O–H groups in total. The lowest BCUT2D eigenvalue weighted by atomic mass is 10.4. The molecule has 0 heterocycles. The Labute approximate surface area is 69.7 Å². The molecule has 0 bridgehead atoms. The van der Waals surface area contributed by atoms with Crippen molar-refractivity contribution in [2.24, 2.45) is 0 Å². The molecule has 1 aromatic rings. The Balaban J connectivity index is 2.94. The number of alkyl halides is 3. The highest BCUT2D eigenvalue weighted by Gasteiger charge is 2.37. The summed E-state index contributed by atoms with van der Waals surface area (Å²) in [6, 6.07) is 6.77. The largest absolute Gasteiger partial charge is 0.475 e. The fraction of sp³-hybridized carbons (Fsp3) is 0.143. The van der Waals surface area contributed by atoms with Gasteiger partial charge in [-0.25, -0.2) is 4.21 Å². The van der Waals surface area contributed by atoms with E-state index in [0.717, 1.165) is 0 Å². The van der Waals surface area contributed by atoms with Crippen molar-refractivity contribution >= 4 is 10.8 Å². The van der Waals surface area contributed by atoms with Gasteiger partial charge in [-0.3, -0.25) is 0 Å². The van der Waals surface area contributed by atoms with E-state index in [1.54, 1.807) is 6.07 Å². The quantitative estimate of drug-likeness (QED) is 0.670. The van der Waals surface area contributed by atoms with E-state index in [2.05, 4.69) is 0 Å². The lowest BCUT2D eigenvalue weighted by Crippen LogP contribution is -2.15. The normalized spacial score (nSPS) is 14.2. The van der Waals surface area contributed by atoms with Crippen LogP contribution in [0.25, 0.3) is 0 Å². The number of halogens is 3. The zero-order valence-corrected chi connectivity index (χ0v) is 6.65. The van der Waals surface area contributed by atoms with Crippen LogP contribution in [0.3, 0.4) is 0 Å². The van der Waals surface area contributed by atoms with Crippen molar-refractivity contribution in [2.75, 3.05) is 0 Å². The van der Waals surface area contributed by atoms with E-state index in [4.69, 9.17) is 0 Å². The Morgan fingerprint density at radius 2 is 1.58 bits per heavy atom. The molecule has 0 aliphatic carbocycles. The second kappa shape index (κ2) is 3.26. The summed E-state index contributed by atoms with van der Waals surface area (Å²) < 4.78 is 46.2. The van der Waals surface area contributed by atoms with E-state index in [-0.39, 0.29) is 4.90 Å². The predicted molar refractivity (Wildman–Crippen MR) is 38.9 cm³/mol. The van der Waals surface area contributed by atoms with Crippen LogP contribution >= 0.6 is 0 Å². The molecule has 1 unspecified atom stereocenters. The maximum atomic E-state index is 11.8. The molecule has 1 aromatic carbocycles. The van der Waals surface area contributed by atoms with Crippen LogP contribution in [0, 0.1) is 0 Å². The second-order valence-corrected chi connectivity index (χ2v) is 3.50. The summed E-state index contributed by atoms with van der Waals surface area (Å²) in [6.07, 6.45) is 0. The van der Waals surface area contributed by atoms with Crippen LogP contribution in [0.15, 0.2) is 35.2 Å². The van der Waals surface area contributed by atoms with E-state index < -0.39 is 16.3 Å². The van der Waals surface area contributed by atoms with Gasteiger partial charge in [0.25, 0.3) is 0 Å². The van der Waals surface area contributed by atoms with Crippen LogP contribution in [-0.4, -0.2) is 9.72 Å². The fourth-order valence-corrected chi connectivity index (χ4v) is 1.35.